The van der Waals surface area contributed by atoms with Gasteiger partial charge in [0, 0.05) is 35.5 Å². The number of benzene rings is 2. The fourth-order valence-electron chi connectivity index (χ4n) is 3.95. The molecule has 0 unspecified atom stereocenters. The Morgan fingerprint density at radius 2 is 1.80 bits per heavy atom. The standard InChI is InChI=1S/C26H27N5O3S/c1-5-15-31-23-12-7-19(17(2)3)16-22(23)18(4)24(31)25(32)29-20-8-10-21(11-9-20)35(33,34)30-26-27-13-6-14-28-26/h5-14,16-17H,1,15H2,2-4H3,(H,29,32)(H,27,28,30). The lowest BCUT2D eigenvalue weighted by molar-refractivity contribution is 0.101. The van der Waals surface area contributed by atoms with Gasteiger partial charge in [0.1, 0.15) is 5.69 Å². The summed E-state index contributed by atoms with van der Waals surface area (Å²) in [7, 11) is -3.86. The number of anilines is 2. The third kappa shape index (κ3) is 4.95. The number of hydrogen-bond donors (Lipinski definition) is 2. The van der Waals surface area contributed by atoms with E-state index in [1.807, 2.05) is 17.6 Å². The van der Waals surface area contributed by atoms with Gasteiger partial charge in [-0.1, -0.05) is 26.0 Å². The number of nitrogens with one attached hydrogen (secondary N) is 2. The molecule has 0 aliphatic heterocycles. The molecule has 0 aliphatic carbocycles. The quantitative estimate of drug-likeness (QED) is 0.335. The van der Waals surface area contributed by atoms with Gasteiger partial charge in [-0.25, -0.2) is 23.1 Å². The maximum atomic E-state index is 13.3. The second-order valence-corrected chi connectivity index (χ2v) is 10.1. The fourth-order valence-corrected chi connectivity index (χ4v) is 4.91. The first-order chi connectivity index (χ1) is 16.7. The predicted octanol–water partition coefficient (Wildman–Crippen LogP) is 5.10. The van der Waals surface area contributed by atoms with Crippen molar-refractivity contribution < 1.29 is 13.2 Å². The van der Waals surface area contributed by atoms with E-state index < -0.39 is 10.0 Å². The molecule has 2 aromatic heterocycles. The van der Waals surface area contributed by atoms with Crippen molar-refractivity contribution in [3.8, 4) is 0 Å². The van der Waals surface area contributed by atoms with E-state index in [4.69, 9.17) is 0 Å². The molecular formula is C26H27N5O3S. The van der Waals surface area contributed by atoms with Crippen molar-refractivity contribution in [3.63, 3.8) is 0 Å². The van der Waals surface area contributed by atoms with Crippen molar-refractivity contribution in [1.82, 2.24) is 14.5 Å². The van der Waals surface area contributed by atoms with Crippen LogP contribution in [0.4, 0.5) is 11.6 Å². The molecule has 180 valence electrons. The number of allylic oxidation sites excluding steroid dienone is 1. The van der Waals surface area contributed by atoms with E-state index in [0.29, 0.717) is 23.8 Å². The summed E-state index contributed by atoms with van der Waals surface area (Å²) in [6.45, 7) is 10.5. The van der Waals surface area contributed by atoms with Crippen molar-refractivity contribution in [3.05, 3.63) is 90.4 Å². The van der Waals surface area contributed by atoms with Gasteiger partial charge < -0.3 is 9.88 Å². The van der Waals surface area contributed by atoms with Crippen LogP contribution in [-0.4, -0.2) is 28.9 Å². The number of carbonyl (C=O) groups is 1. The molecule has 0 aliphatic rings. The molecule has 0 fully saturated rings. The fraction of sp³-hybridized carbons (Fsp3) is 0.192. The summed E-state index contributed by atoms with van der Waals surface area (Å²) in [4.78, 5) is 21.1. The first kappa shape index (κ1) is 24.2. The topological polar surface area (TPSA) is 106 Å². The third-order valence-electron chi connectivity index (χ3n) is 5.75. The van der Waals surface area contributed by atoms with Crippen LogP contribution in [0.15, 0.2) is 78.5 Å². The van der Waals surface area contributed by atoms with Gasteiger partial charge in [0.05, 0.1) is 4.90 Å². The first-order valence-corrected chi connectivity index (χ1v) is 12.6. The van der Waals surface area contributed by atoms with Crippen molar-refractivity contribution in [1.29, 1.82) is 0 Å². The summed E-state index contributed by atoms with van der Waals surface area (Å²) >= 11 is 0. The van der Waals surface area contributed by atoms with Crippen molar-refractivity contribution in [2.75, 3.05) is 10.0 Å². The zero-order chi connectivity index (χ0) is 25.2. The van der Waals surface area contributed by atoms with Crippen LogP contribution >= 0.6 is 0 Å². The van der Waals surface area contributed by atoms with E-state index in [9.17, 15) is 13.2 Å². The number of hydrogen-bond acceptors (Lipinski definition) is 5. The van der Waals surface area contributed by atoms with Crippen LogP contribution in [0.2, 0.25) is 0 Å². The summed E-state index contributed by atoms with van der Waals surface area (Å²) in [6, 6.07) is 13.8. The van der Waals surface area contributed by atoms with Gasteiger partial charge in [-0.2, -0.15) is 0 Å². The van der Waals surface area contributed by atoms with Crippen LogP contribution in [0.1, 0.15) is 41.4 Å². The summed E-state index contributed by atoms with van der Waals surface area (Å²) in [5.41, 5.74) is 4.07. The lowest BCUT2D eigenvalue weighted by Crippen LogP contribution is -2.18. The Morgan fingerprint density at radius 1 is 1.11 bits per heavy atom. The zero-order valence-electron chi connectivity index (χ0n) is 19.8. The predicted molar refractivity (Wildman–Crippen MR) is 138 cm³/mol. The number of aryl methyl sites for hydroxylation is 1. The molecule has 2 aromatic carbocycles. The highest BCUT2D eigenvalue weighted by molar-refractivity contribution is 7.92. The maximum absolute atomic E-state index is 13.3. The van der Waals surface area contributed by atoms with Crippen molar-refractivity contribution in [2.24, 2.45) is 0 Å². The number of carbonyl (C=O) groups excluding carboxylic acids is 1. The summed E-state index contributed by atoms with van der Waals surface area (Å²) in [6.07, 6.45) is 4.65. The molecule has 4 rings (SSSR count). The highest BCUT2D eigenvalue weighted by Crippen LogP contribution is 2.30. The highest BCUT2D eigenvalue weighted by atomic mass is 32.2. The molecule has 0 saturated carbocycles. The molecular weight excluding hydrogens is 462 g/mol. The second-order valence-electron chi connectivity index (χ2n) is 8.46. The Morgan fingerprint density at radius 3 is 2.43 bits per heavy atom. The van der Waals surface area contributed by atoms with Gasteiger partial charge in [-0.3, -0.25) is 4.79 Å². The molecule has 0 bridgehead atoms. The third-order valence-corrected chi connectivity index (χ3v) is 7.09. The van der Waals surface area contributed by atoms with Crippen LogP contribution in [0.25, 0.3) is 10.9 Å². The largest absolute Gasteiger partial charge is 0.332 e. The average molecular weight is 490 g/mol. The lowest BCUT2D eigenvalue weighted by atomic mass is 10.0. The Kier molecular flexibility index (Phi) is 6.70. The Labute approximate surface area is 204 Å². The Bertz CT molecular complexity index is 1490. The molecule has 2 N–H and O–H groups in total. The molecule has 2 heterocycles. The minimum Gasteiger partial charge on any atom is -0.332 e. The smallest absolute Gasteiger partial charge is 0.272 e. The molecule has 4 aromatic rings. The number of amides is 1. The number of nitrogens with zero attached hydrogens (tertiary/aromatic N) is 3. The minimum absolute atomic E-state index is 0.0176. The molecule has 0 saturated heterocycles. The number of fused-ring (bicyclic) bond motifs is 1. The molecule has 8 nitrogen and oxygen atoms in total. The summed E-state index contributed by atoms with van der Waals surface area (Å²) in [5.74, 6) is 0.0747. The Hall–Kier alpha value is -3.98. The van der Waals surface area contributed by atoms with Crippen LogP contribution in [-0.2, 0) is 16.6 Å². The van der Waals surface area contributed by atoms with Gasteiger partial charge in [-0.05, 0) is 66.4 Å². The number of sulfonamides is 1. The van der Waals surface area contributed by atoms with Crippen LogP contribution in [0.3, 0.4) is 0 Å². The van der Waals surface area contributed by atoms with Gasteiger partial charge in [0.2, 0.25) is 5.95 Å². The van der Waals surface area contributed by atoms with Gasteiger partial charge in [-0.15, -0.1) is 6.58 Å². The maximum Gasteiger partial charge on any atom is 0.272 e. The monoisotopic (exact) mass is 489 g/mol. The van der Waals surface area contributed by atoms with Crippen molar-refractivity contribution in [2.45, 2.75) is 38.1 Å². The van der Waals surface area contributed by atoms with Crippen molar-refractivity contribution >= 4 is 38.5 Å². The lowest BCUT2D eigenvalue weighted by Gasteiger charge is -2.11. The van der Waals surface area contributed by atoms with Crippen LogP contribution < -0.4 is 10.0 Å². The van der Waals surface area contributed by atoms with E-state index >= 15 is 0 Å². The second kappa shape index (κ2) is 9.71. The molecule has 9 heteroatoms. The Balaban J connectivity index is 1.61. The summed E-state index contributed by atoms with van der Waals surface area (Å²) < 4.78 is 29.5. The van der Waals surface area contributed by atoms with Crippen LogP contribution in [0, 0.1) is 6.92 Å². The van der Waals surface area contributed by atoms with Gasteiger partial charge in [0.15, 0.2) is 0 Å². The molecule has 0 atom stereocenters. The van der Waals surface area contributed by atoms with E-state index in [2.05, 4.69) is 52.6 Å². The minimum atomic E-state index is -3.86. The highest BCUT2D eigenvalue weighted by Gasteiger charge is 2.21. The first-order valence-electron chi connectivity index (χ1n) is 11.2. The van der Waals surface area contributed by atoms with Gasteiger partial charge >= 0.3 is 0 Å². The number of aromatic nitrogens is 3. The molecule has 1 amide bonds. The molecule has 35 heavy (non-hydrogen) atoms. The molecule has 0 spiro atoms. The van der Waals surface area contributed by atoms with E-state index in [1.165, 1.54) is 30.1 Å². The zero-order valence-corrected chi connectivity index (χ0v) is 20.6. The summed E-state index contributed by atoms with van der Waals surface area (Å²) in [5, 5.41) is 3.92. The number of rotatable bonds is 8. The van der Waals surface area contributed by atoms with E-state index in [0.717, 1.165) is 16.5 Å². The normalized spacial score (nSPS) is 11.5. The average Bonchev–Trinajstić information content (AvgIpc) is 3.11. The van der Waals surface area contributed by atoms with Crippen LogP contribution in [0.5, 0.6) is 0 Å². The molecule has 0 radical (unpaired) electrons. The van der Waals surface area contributed by atoms with E-state index in [-0.39, 0.29) is 16.8 Å². The van der Waals surface area contributed by atoms with E-state index in [1.54, 1.807) is 24.3 Å². The SMILES string of the molecule is C=CCn1c(C(=O)Nc2ccc(S(=O)(=O)Nc3ncccn3)cc2)c(C)c2cc(C(C)C)ccc21. The van der Waals surface area contributed by atoms with Gasteiger partial charge in [0.25, 0.3) is 15.9 Å².